The third-order valence-electron chi connectivity index (χ3n) is 9.84. The molecule has 258 valence electrons. The van der Waals surface area contributed by atoms with Crippen molar-refractivity contribution < 1.29 is 10.7 Å². The van der Waals surface area contributed by atoms with E-state index in [1.807, 2.05) is 94.6 Å². The van der Waals surface area contributed by atoms with Gasteiger partial charge in [0, 0.05) is 48.6 Å². The lowest BCUT2D eigenvalue weighted by Crippen LogP contribution is -2.28. The molecule has 52 heavy (non-hydrogen) atoms. The van der Waals surface area contributed by atoms with Gasteiger partial charge in [-0.05, 0) is 83.8 Å². The summed E-state index contributed by atoms with van der Waals surface area (Å²) in [5.41, 5.74) is 7.78. The lowest BCUT2D eigenvalue weighted by atomic mass is 9.88. The zero-order valence-corrected chi connectivity index (χ0v) is 30.3. The Morgan fingerprint density at radius 1 is 0.808 bits per heavy atom. The maximum atomic E-state index is 8.97. The molecule has 0 aliphatic heterocycles. The minimum absolute atomic E-state index is 0.0189. The molecule has 0 atom stereocenters. The molecule has 0 fully saturated rings. The number of ether oxygens (including phenoxy) is 1. The first kappa shape index (κ1) is 31.9. The largest absolute Gasteiger partial charge is 0.456 e. The molecular formula is C46H43N5O. The maximum absolute atomic E-state index is 8.97. The summed E-state index contributed by atoms with van der Waals surface area (Å²) in [6.45, 7) is 10.8. The third-order valence-corrected chi connectivity index (χ3v) is 9.84. The second kappa shape index (κ2) is 13.6. The molecule has 0 aliphatic carbocycles. The molecule has 0 amide bonds. The zero-order valence-electron chi connectivity index (χ0n) is 31.3. The molecule has 4 heterocycles. The van der Waals surface area contributed by atoms with Crippen LogP contribution in [0.4, 0.5) is 0 Å². The van der Waals surface area contributed by atoms with Gasteiger partial charge in [-0.1, -0.05) is 95.3 Å². The highest BCUT2D eigenvalue weighted by Crippen LogP contribution is 2.38. The number of rotatable bonds is 9. The lowest BCUT2D eigenvalue weighted by Gasteiger charge is -2.20. The third kappa shape index (κ3) is 6.26. The Bertz CT molecular complexity index is 2580. The normalized spacial score (nSPS) is 12.4. The van der Waals surface area contributed by atoms with Gasteiger partial charge in [0.25, 0.3) is 6.33 Å². The van der Waals surface area contributed by atoms with Crippen molar-refractivity contribution in [3.8, 4) is 39.9 Å². The molecule has 0 N–H and O–H groups in total. The Morgan fingerprint density at radius 3 is 2.40 bits per heavy atom. The van der Waals surface area contributed by atoms with Gasteiger partial charge in [0.05, 0.1) is 22.4 Å². The number of hydrogen-bond donors (Lipinski definition) is 0. The summed E-state index contributed by atoms with van der Waals surface area (Å²) in [6, 6.07) is 39.4. The molecular weight excluding hydrogens is 639 g/mol. The van der Waals surface area contributed by atoms with E-state index in [0.29, 0.717) is 11.5 Å². The number of hydrogen-bond acceptors (Lipinski definition) is 3. The number of pyridine rings is 2. The number of imidazole rings is 1. The van der Waals surface area contributed by atoms with Crippen molar-refractivity contribution in [1.29, 1.82) is 0 Å². The number of fused-ring (bicyclic) bond motifs is 3. The molecule has 6 nitrogen and oxygen atoms in total. The van der Waals surface area contributed by atoms with E-state index < -0.39 is 5.89 Å². The van der Waals surface area contributed by atoms with Crippen molar-refractivity contribution in [1.82, 2.24) is 19.1 Å². The number of aromatic nitrogens is 5. The molecule has 8 aromatic rings. The topological polar surface area (TPSA) is 48.8 Å². The first-order valence-electron chi connectivity index (χ1n) is 18.5. The SMILES string of the molecule is [2H]C(CC)(CC)c1cccc(-[n+]2[c-]n(-c3cnc(-c4ccccc4)c(Oc4ccc5c6ccccc6n(-c6cc(C(C)(C)C)ccn6)c5c4)c3)cc2)c1. The van der Waals surface area contributed by atoms with E-state index in [1.54, 1.807) is 0 Å². The molecule has 6 heteroatoms. The average molecular weight is 683 g/mol. The Kier molecular flexibility index (Phi) is 8.36. The zero-order chi connectivity index (χ0) is 36.7. The van der Waals surface area contributed by atoms with E-state index in [-0.39, 0.29) is 5.41 Å². The van der Waals surface area contributed by atoms with Crippen molar-refractivity contribution in [2.24, 2.45) is 0 Å². The van der Waals surface area contributed by atoms with Crippen LogP contribution in [0, 0.1) is 6.33 Å². The van der Waals surface area contributed by atoms with Gasteiger partial charge < -0.3 is 4.74 Å². The summed E-state index contributed by atoms with van der Waals surface area (Å²) in [6.07, 6.45) is 12.7. The van der Waals surface area contributed by atoms with Crippen LogP contribution in [0.15, 0.2) is 140 Å². The summed E-state index contributed by atoms with van der Waals surface area (Å²) in [4.78, 5) is 9.80. The van der Waals surface area contributed by atoms with E-state index in [1.165, 1.54) is 5.56 Å². The van der Waals surface area contributed by atoms with Crippen molar-refractivity contribution in [2.45, 2.75) is 58.8 Å². The second-order valence-electron chi connectivity index (χ2n) is 14.2. The average Bonchev–Trinajstić information content (AvgIpc) is 3.81. The van der Waals surface area contributed by atoms with E-state index in [0.717, 1.165) is 68.7 Å². The lowest BCUT2D eigenvalue weighted by molar-refractivity contribution is -0.599. The highest BCUT2D eigenvalue weighted by Gasteiger charge is 2.19. The van der Waals surface area contributed by atoms with Crippen molar-refractivity contribution in [2.75, 3.05) is 0 Å². The van der Waals surface area contributed by atoms with Gasteiger partial charge in [-0.25, -0.2) is 4.98 Å². The van der Waals surface area contributed by atoms with Gasteiger partial charge >= 0.3 is 0 Å². The molecule has 0 saturated carbocycles. The highest BCUT2D eigenvalue weighted by molar-refractivity contribution is 6.09. The summed E-state index contributed by atoms with van der Waals surface area (Å²) in [7, 11) is 0. The van der Waals surface area contributed by atoms with Gasteiger partial charge in [-0.2, -0.15) is 0 Å². The van der Waals surface area contributed by atoms with Gasteiger partial charge in [-0.15, -0.1) is 0 Å². The van der Waals surface area contributed by atoms with Crippen LogP contribution in [0.1, 0.15) is 65.9 Å². The summed E-state index contributed by atoms with van der Waals surface area (Å²) in [5, 5.41) is 2.28. The fourth-order valence-electron chi connectivity index (χ4n) is 6.99. The van der Waals surface area contributed by atoms with E-state index in [4.69, 9.17) is 16.1 Å². The number of nitrogens with zero attached hydrogens (tertiary/aromatic N) is 5. The van der Waals surface area contributed by atoms with E-state index in [9.17, 15) is 0 Å². The molecule has 8 rings (SSSR count). The van der Waals surface area contributed by atoms with Crippen LogP contribution in [-0.2, 0) is 5.41 Å². The van der Waals surface area contributed by atoms with Crippen LogP contribution in [0.2, 0.25) is 0 Å². The van der Waals surface area contributed by atoms with Crippen LogP contribution in [0.5, 0.6) is 11.5 Å². The quantitative estimate of drug-likeness (QED) is 0.112. The predicted molar refractivity (Wildman–Crippen MR) is 210 cm³/mol. The molecule has 0 saturated heterocycles. The van der Waals surface area contributed by atoms with Crippen molar-refractivity contribution in [3.05, 3.63) is 158 Å². The summed E-state index contributed by atoms with van der Waals surface area (Å²) < 4.78 is 21.9. The predicted octanol–water partition coefficient (Wildman–Crippen LogP) is 11.1. The molecule has 0 aliphatic rings. The fraction of sp³-hybridized carbons (Fsp3) is 0.196. The Hall–Kier alpha value is -6.01. The van der Waals surface area contributed by atoms with Crippen LogP contribution in [0.3, 0.4) is 0 Å². The molecule has 0 unspecified atom stereocenters. The Balaban J connectivity index is 1.21. The molecule has 4 aromatic heterocycles. The van der Waals surface area contributed by atoms with Crippen LogP contribution >= 0.6 is 0 Å². The van der Waals surface area contributed by atoms with Crippen molar-refractivity contribution in [3.63, 3.8) is 0 Å². The molecule has 4 aromatic carbocycles. The van der Waals surface area contributed by atoms with E-state index >= 15 is 0 Å². The molecule has 0 spiro atoms. The number of para-hydroxylation sites is 1. The van der Waals surface area contributed by atoms with Crippen LogP contribution in [-0.4, -0.2) is 19.1 Å². The summed E-state index contributed by atoms with van der Waals surface area (Å²) >= 11 is 0. The fourth-order valence-corrected chi connectivity index (χ4v) is 6.99. The van der Waals surface area contributed by atoms with Gasteiger partial charge in [0.15, 0.2) is 0 Å². The minimum atomic E-state index is -0.618. The monoisotopic (exact) mass is 682 g/mol. The maximum Gasteiger partial charge on any atom is 0.268 e. The smallest absolute Gasteiger partial charge is 0.268 e. The van der Waals surface area contributed by atoms with Gasteiger partial charge in [-0.3, -0.25) is 18.7 Å². The Morgan fingerprint density at radius 2 is 1.60 bits per heavy atom. The molecule has 0 radical (unpaired) electrons. The standard InChI is InChI=1S/C46H43N5O/c1-6-32(7-2)34-16-13-17-36(26-34)49-24-25-50(31-49)37-28-43(45(48-30-37)33-14-9-8-10-15-33)52-38-20-21-40-39-18-11-12-19-41(39)51(42(40)29-38)44-27-35(22-23-47-44)46(3,4)5/h8-30,32H,6-7H2,1-5H3/i32D. The highest BCUT2D eigenvalue weighted by atomic mass is 16.5. The van der Waals surface area contributed by atoms with Crippen LogP contribution < -0.4 is 9.30 Å². The second-order valence-corrected chi connectivity index (χ2v) is 14.2. The first-order valence-corrected chi connectivity index (χ1v) is 18.0. The van der Waals surface area contributed by atoms with Crippen molar-refractivity contribution >= 4 is 21.8 Å². The molecule has 0 bridgehead atoms. The van der Waals surface area contributed by atoms with Crippen LogP contribution in [0.25, 0.3) is 50.3 Å². The first-order chi connectivity index (χ1) is 25.6. The minimum Gasteiger partial charge on any atom is -0.456 e. The van der Waals surface area contributed by atoms with Gasteiger partial charge in [0.1, 0.15) is 23.0 Å². The van der Waals surface area contributed by atoms with Gasteiger partial charge in [0.2, 0.25) is 0 Å². The number of benzene rings is 4. The Labute approximate surface area is 307 Å². The summed E-state index contributed by atoms with van der Waals surface area (Å²) in [5.74, 6) is 1.57. The van der Waals surface area contributed by atoms with E-state index in [2.05, 4.69) is 100 Å².